The molecule has 4 nitrogen and oxygen atoms in total. The number of benzene rings is 1. The second-order valence-corrected chi connectivity index (χ2v) is 4.20. The fourth-order valence-electron chi connectivity index (χ4n) is 1.42. The summed E-state index contributed by atoms with van der Waals surface area (Å²) in [6, 6.07) is 6.78. The number of carbonyl (C=O) groups is 1. The van der Waals surface area contributed by atoms with Crippen molar-refractivity contribution in [3.8, 4) is 17.9 Å². The third kappa shape index (κ3) is 4.30. The van der Waals surface area contributed by atoms with E-state index >= 15 is 0 Å². The monoisotopic (exact) mass is 276 g/mol. The number of halogens is 1. The number of amides is 1. The van der Waals surface area contributed by atoms with Crippen molar-refractivity contribution < 1.29 is 9.90 Å². The molecule has 0 saturated heterocycles. The quantitative estimate of drug-likeness (QED) is 0.854. The molecule has 0 bridgehead atoms. The average molecular weight is 277 g/mol. The predicted octanol–water partition coefficient (Wildman–Crippen LogP) is 1.67. The maximum absolute atomic E-state index is 12.0. The summed E-state index contributed by atoms with van der Waals surface area (Å²) in [6.07, 6.45) is 0.288. The van der Waals surface area contributed by atoms with Crippen LogP contribution in [0.4, 0.5) is 0 Å². The summed E-state index contributed by atoms with van der Waals surface area (Å²) in [5.41, 5.74) is 1.01. The molecule has 0 aliphatic heterocycles. The third-order valence-electron chi connectivity index (χ3n) is 2.42. The lowest BCUT2D eigenvalue weighted by Crippen LogP contribution is -2.27. The summed E-state index contributed by atoms with van der Waals surface area (Å²) in [6.45, 7) is 0.132. The van der Waals surface area contributed by atoms with Crippen molar-refractivity contribution in [3.63, 3.8) is 0 Å². The Hall–Kier alpha value is -2.01. The van der Waals surface area contributed by atoms with Gasteiger partial charge in [-0.3, -0.25) is 4.79 Å². The molecule has 1 amide bonds. The van der Waals surface area contributed by atoms with Crippen molar-refractivity contribution in [2.24, 2.45) is 0 Å². The van der Waals surface area contributed by atoms with E-state index < -0.39 is 0 Å². The average Bonchev–Trinajstić information content (AvgIpc) is 2.42. The summed E-state index contributed by atoms with van der Waals surface area (Å²) in [4.78, 5) is 13.5. The Morgan fingerprint density at radius 2 is 2.26 bits per heavy atom. The molecule has 98 valence electrons. The van der Waals surface area contributed by atoms with Gasteiger partial charge in [-0.05, 0) is 18.2 Å². The van der Waals surface area contributed by atoms with E-state index in [4.69, 9.17) is 22.0 Å². The SMILES string of the molecule is CN(CCC#N)C(=O)c1ccc(C#CCO)c(Cl)c1. The summed E-state index contributed by atoms with van der Waals surface area (Å²) >= 11 is 6.01. The largest absolute Gasteiger partial charge is 0.384 e. The van der Waals surface area contributed by atoms with E-state index in [1.165, 1.54) is 11.0 Å². The molecule has 0 spiro atoms. The summed E-state index contributed by atoms with van der Waals surface area (Å²) < 4.78 is 0. The molecule has 1 rings (SSSR count). The summed E-state index contributed by atoms with van der Waals surface area (Å²) in [5.74, 6) is 4.99. The van der Waals surface area contributed by atoms with Crippen LogP contribution in [-0.2, 0) is 0 Å². The number of aliphatic hydroxyl groups excluding tert-OH is 1. The Morgan fingerprint density at radius 1 is 1.53 bits per heavy atom. The van der Waals surface area contributed by atoms with Crippen LogP contribution >= 0.6 is 11.6 Å². The minimum atomic E-state index is -0.242. The number of hydrogen-bond donors (Lipinski definition) is 1. The standard InChI is InChI=1S/C14H13ClN2O2/c1-17(8-3-7-16)14(19)12-6-5-11(4-2-9-18)13(15)10-12/h5-6,10,18H,3,8-9H2,1H3. The fourth-order valence-corrected chi connectivity index (χ4v) is 1.65. The number of aliphatic hydroxyl groups is 1. The Balaban J connectivity index is 2.89. The maximum Gasteiger partial charge on any atom is 0.253 e. The van der Waals surface area contributed by atoms with Gasteiger partial charge < -0.3 is 10.0 Å². The van der Waals surface area contributed by atoms with Crippen molar-refractivity contribution >= 4 is 17.5 Å². The first-order chi connectivity index (χ1) is 9.10. The first-order valence-corrected chi connectivity index (χ1v) is 5.99. The lowest BCUT2D eigenvalue weighted by atomic mass is 10.1. The summed E-state index contributed by atoms with van der Waals surface area (Å²) in [7, 11) is 1.63. The fraction of sp³-hybridized carbons (Fsp3) is 0.286. The van der Waals surface area contributed by atoms with E-state index in [-0.39, 0.29) is 18.9 Å². The Bertz CT molecular complexity index is 567. The third-order valence-corrected chi connectivity index (χ3v) is 2.74. The van der Waals surface area contributed by atoms with Gasteiger partial charge in [-0.1, -0.05) is 23.4 Å². The minimum Gasteiger partial charge on any atom is -0.384 e. The van der Waals surface area contributed by atoms with Crippen LogP contribution in [0.15, 0.2) is 18.2 Å². The smallest absolute Gasteiger partial charge is 0.253 e. The molecule has 0 aliphatic carbocycles. The van der Waals surface area contributed by atoms with Gasteiger partial charge in [0.05, 0.1) is 17.5 Å². The van der Waals surface area contributed by atoms with Gasteiger partial charge in [0.1, 0.15) is 6.61 Å². The van der Waals surface area contributed by atoms with Gasteiger partial charge in [-0.15, -0.1) is 0 Å². The zero-order chi connectivity index (χ0) is 14.3. The molecule has 19 heavy (non-hydrogen) atoms. The Labute approximate surface area is 117 Å². The second kappa shape index (κ2) is 7.43. The molecule has 1 N–H and O–H groups in total. The zero-order valence-electron chi connectivity index (χ0n) is 10.5. The Morgan fingerprint density at radius 3 is 2.84 bits per heavy atom. The van der Waals surface area contributed by atoms with Gasteiger partial charge in [0, 0.05) is 24.7 Å². The highest BCUT2D eigenvalue weighted by Gasteiger charge is 2.12. The van der Waals surface area contributed by atoms with Crippen LogP contribution < -0.4 is 0 Å². The first kappa shape index (κ1) is 15.0. The molecule has 1 aromatic carbocycles. The molecular weight excluding hydrogens is 264 g/mol. The molecule has 0 heterocycles. The molecule has 0 unspecified atom stereocenters. The number of hydrogen-bond acceptors (Lipinski definition) is 3. The molecule has 5 heteroatoms. The molecule has 0 fully saturated rings. The van der Waals surface area contributed by atoms with E-state index in [1.807, 2.05) is 6.07 Å². The first-order valence-electron chi connectivity index (χ1n) is 5.62. The Kier molecular flexibility index (Phi) is 5.89. The number of rotatable bonds is 3. The highest BCUT2D eigenvalue weighted by Crippen LogP contribution is 2.18. The van der Waals surface area contributed by atoms with Gasteiger partial charge in [-0.25, -0.2) is 0 Å². The molecule has 0 saturated carbocycles. The van der Waals surface area contributed by atoms with Gasteiger partial charge in [0.25, 0.3) is 5.91 Å². The second-order valence-electron chi connectivity index (χ2n) is 3.79. The van der Waals surface area contributed by atoms with E-state index in [0.29, 0.717) is 22.7 Å². The maximum atomic E-state index is 12.0. The van der Waals surface area contributed by atoms with E-state index in [1.54, 1.807) is 19.2 Å². The zero-order valence-corrected chi connectivity index (χ0v) is 11.2. The van der Waals surface area contributed by atoms with Crippen LogP contribution in [0.2, 0.25) is 5.02 Å². The van der Waals surface area contributed by atoms with Crippen molar-refractivity contribution in [3.05, 3.63) is 34.3 Å². The highest BCUT2D eigenvalue weighted by atomic mass is 35.5. The van der Waals surface area contributed by atoms with Crippen molar-refractivity contribution in [1.29, 1.82) is 5.26 Å². The summed E-state index contributed by atoms with van der Waals surface area (Å²) in [5, 5.41) is 17.5. The van der Waals surface area contributed by atoms with E-state index in [0.717, 1.165) is 0 Å². The van der Waals surface area contributed by atoms with Crippen LogP contribution in [0.1, 0.15) is 22.3 Å². The van der Waals surface area contributed by atoms with Crippen LogP contribution in [-0.4, -0.2) is 36.1 Å². The van der Waals surface area contributed by atoms with Gasteiger partial charge in [0.2, 0.25) is 0 Å². The lowest BCUT2D eigenvalue weighted by molar-refractivity contribution is 0.0798. The van der Waals surface area contributed by atoms with Crippen molar-refractivity contribution in [2.75, 3.05) is 20.2 Å². The highest BCUT2D eigenvalue weighted by molar-refractivity contribution is 6.32. The molecule has 0 aromatic heterocycles. The number of nitrogens with zero attached hydrogens (tertiary/aromatic N) is 2. The van der Waals surface area contributed by atoms with Crippen LogP contribution in [0.5, 0.6) is 0 Å². The topological polar surface area (TPSA) is 64.3 Å². The molecule has 0 atom stereocenters. The van der Waals surface area contributed by atoms with Crippen molar-refractivity contribution in [1.82, 2.24) is 4.90 Å². The predicted molar refractivity (Wildman–Crippen MR) is 72.6 cm³/mol. The van der Waals surface area contributed by atoms with Crippen LogP contribution in [0.3, 0.4) is 0 Å². The van der Waals surface area contributed by atoms with Gasteiger partial charge in [-0.2, -0.15) is 5.26 Å². The van der Waals surface area contributed by atoms with Gasteiger partial charge >= 0.3 is 0 Å². The molecule has 0 radical (unpaired) electrons. The van der Waals surface area contributed by atoms with Crippen LogP contribution in [0.25, 0.3) is 0 Å². The van der Waals surface area contributed by atoms with E-state index in [2.05, 4.69) is 11.8 Å². The number of carbonyl (C=O) groups excluding carboxylic acids is 1. The van der Waals surface area contributed by atoms with Crippen molar-refractivity contribution in [2.45, 2.75) is 6.42 Å². The van der Waals surface area contributed by atoms with Gasteiger partial charge in [0.15, 0.2) is 0 Å². The normalized spacial score (nSPS) is 9.16. The lowest BCUT2D eigenvalue weighted by Gasteiger charge is -2.15. The molecule has 0 aliphatic rings. The molecular formula is C14H13ClN2O2. The van der Waals surface area contributed by atoms with Crippen LogP contribution in [0, 0.1) is 23.2 Å². The number of nitriles is 1. The minimum absolute atomic E-state index is 0.196. The molecule has 1 aromatic rings. The van der Waals surface area contributed by atoms with E-state index in [9.17, 15) is 4.79 Å².